The van der Waals surface area contributed by atoms with Gasteiger partial charge in [0.05, 0.1) is 10.6 Å². The number of benzene rings is 2. The van der Waals surface area contributed by atoms with E-state index in [1.54, 1.807) is 0 Å². The molecule has 0 aliphatic heterocycles. The third-order valence-corrected chi connectivity index (χ3v) is 6.28. The van der Waals surface area contributed by atoms with Crippen LogP contribution in [0.1, 0.15) is 19.4 Å². The Morgan fingerprint density at radius 1 is 1.11 bits per heavy atom. The Morgan fingerprint density at radius 3 is 2.32 bits per heavy atom. The maximum Gasteiger partial charge on any atom is 0.411 e. The molecule has 2 rings (SSSR count). The van der Waals surface area contributed by atoms with Crippen LogP contribution in [-0.2, 0) is 14.6 Å². The molecule has 28 heavy (non-hydrogen) atoms. The number of nitrogens with one attached hydrogen (secondary N) is 1. The molecule has 2 aromatic rings. The smallest absolute Gasteiger partial charge is 0.411 e. The number of amides is 1. The largest absolute Gasteiger partial charge is 0.448 e. The Kier molecular flexibility index (Phi) is 7.71. The van der Waals surface area contributed by atoms with Gasteiger partial charge < -0.3 is 9.64 Å². The first-order valence-corrected chi connectivity index (χ1v) is 11.1. The maximum absolute atomic E-state index is 12.2. The van der Waals surface area contributed by atoms with Gasteiger partial charge in [0.15, 0.2) is 9.84 Å². The lowest BCUT2D eigenvalue weighted by molar-refractivity contribution is 0.168. The Hall–Kier alpha value is -2.25. The Bertz CT molecular complexity index is 910. The van der Waals surface area contributed by atoms with Gasteiger partial charge in [-0.25, -0.2) is 13.2 Å². The zero-order valence-corrected chi connectivity index (χ0v) is 17.8. The summed E-state index contributed by atoms with van der Waals surface area (Å²) in [6.45, 7) is 7.61. The zero-order chi connectivity index (χ0) is 20.7. The number of carbonyl (C=O) groups is 1. The first kappa shape index (κ1) is 22.0. The molecular weight excluding hydrogens is 400 g/mol. The van der Waals surface area contributed by atoms with Gasteiger partial charge in [0.1, 0.15) is 6.61 Å². The molecule has 0 saturated carbocycles. The summed E-state index contributed by atoms with van der Waals surface area (Å²) < 4.78 is 29.5. The van der Waals surface area contributed by atoms with E-state index in [1.165, 1.54) is 24.3 Å². The minimum absolute atomic E-state index is 0.142. The summed E-state index contributed by atoms with van der Waals surface area (Å²) in [5, 5.41) is 3.11. The molecule has 0 radical (unpaired) electrons. The van der Waals surface area contributed by atoms with Gasteiger partial charge in [-0.3, -0.25) is 5.32 Å². The minimum Gasteiger partial charge on any atom is -0.448 e. The van der Waals surface area contributed by atoms with E-state index >= 15 is 0 Å². The van der Waals surface area contributed by atoms with Gasteiger partial charge in [0.2, 0.25) is 0 Å². The van der Waals surface area contributed by atoms with Crippen molar-refractivity contribution in [2.45, 2.75) is 25.7 Å². The van der Waals surface area contributed by atoms with Crippen LogP contribution in [0.2, 0.25) is 5.02 Å². The summed E-state index contributed by atoms with van der Waals surface area (Å²) in [4.78, 5) is 14.4. The first-order valence-electron chi connectivity index (χ1n) is 9.04. The van der Waals surface area contributed by atoms with E-state index in [9.17, 15) is 13.2 Å². The SMILES string of the molecule is CCN(CC)c1ccc(NC(=O)OCCS(=O)(=O)c2ccc(Cl)cc2)c(C)c1. The molecule has 0 aliphatic rings. The molecule has 0 unspecified atom stereocenters. The van der Waals surface area contributed by atoms with E-state index < -0.39 is 15.9 Å². The quantitative estimate of drug-likeness (QED) is 0.674. The fourth-order valence-corrected chi connectivity index (χ4v) is 3.94. The van der Waals surface area contributed by atoms with Gasteiger partial charge in [0, 0.05) is 29.5 Å². The van der Waals surface area contributed by atoms with Gasteiger partial charge in [0.25, 0.3) is 0 Å². The molecule has 0 spiro atoms. The molecular formula is C20H25ClN2O4S. The van der Waals surface area contributed by atoms with E-state index in [1.807, 2.05) is 25.1 Å². The zero-order valence-electron chi connectivity index (χ0n) is 16.2. The van der Waals surface area contributed by atoms with Crippen molar-refractivity contribution in [3.05, 3.63) is 53.1 Å². The highest BCUT2D eigenvalue weighted by Gasteiger charge is 2.16. The van der Waals surface area contributed by atoms with Crippen molar-refractivity contribution in [3.8, 4) is 0 Å². The average molecular weight is 425 g/mol. The fraction of sp³-hybridized carbons (Fsp3) is 0.350. The van der Waals surface area contributed by atoms with Crippen LogP contribution in [0.3, 0.4) is 0 Å². The van der Waals surface area contributed by atoms with Crippen molar-refractivity contribution < 1.29 is 17.9 Å². The van der Waals surface area contributed by atoms with Crippen LogP contribution in [0.4, 0.5) is 16.2 Å². The summed E-state index contributed by atoms with van der Waals surface area (Å²) in [7, 11) is -3.54. The standard InChI is InChI=1S/C20H25ClN2O4S/c1-4-23(5-2)17-8-11-19(15(3)14-17)22-20(24)27-12-13-28(25,26)18-9-6-16(21)7-10-18/h6-11,14H,4-5,12-13H2,1-3H3,(H,22,24). The lowest BCUT2D eigenvalue weighted by atomic mass is 10.1. The summed E-state index contributed by atoms with van der Waals surface area (Å²) in [5.41, 5.74) is 2.60. The second kappa shape index (κ2) is 9.80. The topological polar surface area (TPSA) is 75.7 Å². The first-order chi connectivity index (χ1) is 13.3. The van der Waals surface area contributed by atoms with Crippen LogP contribution in [-0.4, -0.2) is 40.0 Å². The van der Waals surface area contributed by atoms with Crippen LogP contribution >= 0.6 is 11.6 Å². The van der Waals surface area contributed by atoms with Crippen LogP contribution < -0.4 is 10.2 Å². The van der Waals surface area contributed by atoms with Crippen molar-refractivity contribution in [2.24, 2.45) is 0 Å². The molecule has 0 aromatic heterocycles. The number of anilines is 2. The third-order valence-electron chi connectivity index (χ3n) is 4.33. The van der Waals surface area contributed by atoms with E-state index in [-0.39, 0.29) is 17.3 Å². The molecule has 1 amide bonds. The maximum atomic E-state index is 12.2. The van der Waals surface area contributed by atoms with Gasteiger partial charge in [-0.05, 0) is 68.8 Å². The van der Waals surface area contributed by atoms with Gasteiger partial charge in [-0.2, -0.15) is 0 Å². The van der Waals surface area contributed by atoms with E-state index in [2.05, 4.69) is 24.1 Å². The summed E-state index contributed by atoms with van der Waals surface area (Å²) in [5.74, 6) is -0.304. The van der Waals surface area contributed by atoms with Crippen molar-refractivity contribution in [3.63, 3.8) is 0 Å². The summed E-state index contributed by atoms with van der Waals surface area (Å²) >= 11 is 5.77. The molecule has 2 aromatic carbocycles. The normalized spacial score (nSPS) is 11.1. The van der Waals surface area contributed by atoms with Crippen LogP contribution in [0, 0.1) is 6.92 Å². The lowest BCUT2D eigenvalue weighted by Crippen LogP contribution is -2.22. The number of ether oxygens (including phenoxy) is 1. The molecule has 152 valence electrons. The van der Waals surface area contributed by atoms with Crippen LogP contribution in [0.15, 0.2) is 47.4 Å². The molecule has 0 fully saturated rings. The molecule has 1 N–H and O–H groups in total. The molecule has 6 nitrogen and oxygen atoms in total. The average Bonchev–Trinajstić information content (AvgIpc) is 2.65. The highest BCUT2D eigenvalue weighted by atomic mass is 35.5. The predicted octanol–water partition coefficient (Wildman–Crippen LogP) is 4.52. The van der Waals surface area contributed by atoms with Crippen molar-refractivity contribution >= 4 is 38.9 Å². The monoisotopic (exact) mass is 424 g/mol. The van der Waals surface area contributed by atoms with Crippen LogP contribution in [0.25, 0.3) is 0 Å². The summed E-state index contributed by atoms with van der Waals surface area (Å²) in [6.07, 6.45) is -0.690. The van der Waals surface area contributed by atoms with Gasteiger partial charge in [-0.15, -0.1) is 0 Å². The highest BCUT2D eigenvalue weighted by molar-refractivity contribution is 7.91. The fourth-order valence-electron chi connectivity index (χ4n) is 2.72. The number of carbonyl (C=O) groups excluding carboxylic acids is 1. The molecule has 8 heteroatoms. The number of sulfone groups is 1. The van der Waals surface area contributed by atoms with Crippen molar-refractivity contribution in [1.29, 1.82) is 0 Å². The van der Waals surface area contributed by atoms with E-state index in [4.69, 9.17) is 16.3 Å². The van der Waals surface area contributed by atoms with Crippen molar-refractivity contribution in [1.82, 2.24) is 0 Å². The Morgan fingerprint density at radius 2 is 1.75 bits per heavy atom. The molecule has 0 saturated heterocycles. The van der Waals surface area contributed by atoms with Gasteiger partial charge in [-0.1, -0.05) is 11.6 Å². The van der Waals surface area contributed by atoms with E-state index in [0.717, 1.165) is 24.3 Å². The molecule has 0 heterocycles. The number of halogens is 1. The third kappa shape index (κ3) is 5.87. The molecule has 0 aliphatic carbocycles. The minimum atomic E-state index is -3.54. The second-order valence-electron chi connectivity index (χ2n) is 6.21. The Balaban J connectivity index is 1.91. The number of hydrogen-bond donors (Lipinski definition) is 1. The number of nitrogens with zero attached hydrogens (tertiary/aromatic N) is 1. The lowest BCUT2D eigenvalue weighted by Gasteiger charge is -2.22. The van der Waals surface area contributed by atoms with Crippen molar-refractivity contribution in [2.75, 3.05) is 35.7 Å². The summed E-state index contributed by atoms with van der Waals surface area (Å²) in [6, 6.07) is 11.6. The predicted molar refractivity (Wildman–Crippen MR) is 113 cm³/mol. The van der Waals surface area contributed by atoms with E-state index in [0.29, 0.717) is 10.7 Å². The molecule has 0 atom stereocenters. The number of aryl methyl sites for hydroxylation is 1. The van der Waals surface area contributed by atoms with Gasteiger partial charge >= 0.3 is 6.09 Å². The second-order valence-corrected chi connectivity index (χ2v) is 8.75. The number of rotatable bonds is 8. The Labute approximate surface area is 171 Å². The molecule has 0 bridgehead atoms. The number of hydrogen-bond acceptors (Lipinski definition) is 5. The highest BCUT2D eigenvalue weighted by Crippen LogP contribution is 2.23. The van der Waals surface area contributed by atoms with Crippen LogP contribution in [0.5, 0.6) is 0 Å².